The number of rotatable bonds is 7. The third kappa shape index (κ3) is 5.28. The van der Waals surface area contributed by atoms with Gasteiger partial charge in [0.1, 0.15) is 5.76 Å². The minimum absolute atomic E-state index is 0.0889. The third-order valence-corrected chi connectivity index (χ3v) is 5.95. The van der Waals surface area contributed by atoms with Crippen molar-refractivity contribution >= 4 is 11.8 Å². The van der Waals surface area contributed by atoms with Gasteiger partial charge in [0, 0.05) is 37.0 Å². The molecule has 3 heterocycles. The van der Waals surface area contributed by atoms with Crippen LogP contribution in [0.15, 0.2) is 59.3 Å². The molecule has 1 aliphatic heterocycles. The number of carbonyl (C=O) groups excluding carboxylic acids is 2. The zero-order valence-electron chi connectivity index (χ0n) is 18.9. The fourth-order valence-corrected chi connectivity index (χ4v) is 4.07. The second-order valence-electron chi connectivity index (χ2n) is 8.30. The van der Waals surface area contributed by atoms with E-state index < -0.39 is 5.60 Å². The number of carbonyl (C=O) groups is 2. The Balaban J connectivity index is 1.54. The van der Waals surface area contributed by atoms with E-state index >= 15 is 0 Å². The molecule has 1 atom stereocenters. The number of hydrogen-bond donors (Lipinski definition) is 1. The van der Waals surface area contributed by atoms with Crippen LogP contribution in [0.1, 0.15) is 28.3 Å². The number of morpholine rings is 1. The molecule has 3 aromatic rings. The molecule has 4 rings (SSSR count). The SMILES string of the molecule is Cc1noc(C)c1CC(=O)N1CCO[C@](Cc2ccccn2)(C(=O)NCc2ccccc2)C1. The molecule has 0 spiro atoms. The molecule has 1 aliphatic rings. The van der Waals surface area contributed by atoms with Crippen LogP contribution in [0.4, 0.5) is 0 Å². The molecule has 8 heteroatoms. The van der Waals surface area contributed by atoms with Crippen molar-refractivity contribution in [3.05, 3.63) is 83.0 Å². The van der Waals surface area contributed by atoms with Crippen LogP contribution in [0.25, 0.3) is 0 Å². The molecule has 172 valence electrons. The Morgan fingerprint density at radius 2 is 1.91 bits per heavy atom. The predicted molar refractivity (Wildman–Crippen MR) is 121 cm³/mol. The molecular formula is C25H28N4O4. The van der Waals surface area contributed by atoms with Gasteiger partial charge in [-0.3, -0.25) is 14.6 Å². The molecule has 1 aromatic carbocycles. The predicted octanol–water partition coefficient (Wildman–Crippen LogP) is 2.39. The van der Waals surface area contributed by atoms with E-state index in [1.165, 1.54) is 0 Å². The lowest BCUT2D eigenvalue weighted by atomic mass is 9.93. The van der Waals surface area contributed by atoms with Crippen LogP contribution in [0.3, 0.4) is 0 Å². The van der Waals surface area contributed by atoms with Gasteiger partial charge in [-0.1, -0.05) is 41.6 Å². The van der Waals surface area contributed by atoms with Gasteiger partial charge in [0.25, 0.3) is 5.91 Å². The van der Waals surface area contributed by atoms with Crippen LogP contribution in [0.5, 0.6) is 0 Å². The second-order valence-corrected chi connectivity index (χ2v) is 8.30. The number of ether oxygens (including phenoxy) is 1. The highest BCUT2D eigenvalue weighted by atomic mass is 16.5. The molecule has 8 nitrogen and oxygen atoms in total. The van der Waals surface area contributed by atoms with E-state index in [0.717, 1.165) is 16.8 Å². The Hall–Kier alpha value is -3.52. The van der Waals surface area contributed by atoms with Crippen molar-refractivity contribution < 1.29 is 18.8 Å². The Labute approximate surface area is 192 Å². The molecule has 1 fully saturated rings. The average molecular weight is 449 g/mol. The van der Waals surface area contributed by atoms with Crippen molar-refractivity contribution in [3.63, 3.8) is 0 Å². The van der Waals surface area contributed by atoms with Gasteiger partial charge in [0.2, 0.25) is 5.91 Å². The number of benzene rings is 1. The largest absolute Gasteiger partial charge is 0.361 e. The van der Waals surface area contributed by atoms with Crippen molar-refractivity contribution in [1.82, 2.24) is 20.4 Å². The Kier molecular flexibility index (Phi) is 6.84. The molecule has 0 saturated carbocycles. The maximum atomic E-state index is 13.5. The lowest BCUT2D eigenvalue weighted by molar-refractivity contribution is -0.166. The summed E-state index contributed by atoms with van der Waals surface area (Å²) >= 11 is 0. The van der Waals surface area contributed by atoms with Gasteiger partial charge in [0.15, 0.2) is 5.60 Å². The average Bonchev–Trinajstić information content (AvgIpc) is 3.16. The van der Waals surface area contributed by atoms with Gasteiger partial charge >= 0.3 is 0 Å². The summed E-state index contributed by atoms with van der Waals surface area (Å²) in [5, 5.41) is 6.94. The van der Waals surface area contributed by atoms with E-state index in [9.17, 15) is 9.59 Å². The maximum Gasteiger partial charge on any atom is 0.254 e. The van der Waals surface area contributed by atoms with Crippen LogP contribution in [0.2, 0.25) is 0 Å². The highest BCUT2D eigenvalue weighted by molar-refractivity contribution is 5.87. The Morgan fingerprint density at radius 3 is 2.61 bits per heavy atom. The molecule has 0 radical (unpaired) electrons. The molecule has 0 bridgehead atoms. The van der Waals surface area contributed by atoms with Crippen molar-refractivity contribution in [2.24, 2.45) is 0 Å². The zero-order chi connectivity index (χ0) is 23.3. The van der Waals surface area contributed by atoms with E-state index in [1.54, 1.807) is 18.0 Å². The quantitative estimate of drug-likeness (QED) is 0.596. The molecule has 0 unspecified atom stereocenters. The monoisotopic (exact) mass is 448 g/mol. The van der Waals surface area contributed by atoms with Gasteiger partial charge in [-0.2, -0.15) is 0 Å². The summed E-state index contributed by atoms with van der Waals surface area (Å²) < 4.78 is 11.3. The lowest BCUT2D eigenvalue weighted by Crippen LogP contribution is -2.62. The zero-order valence-corrected chi connectivity index (χ0v) is 18.9. The van der Waals surface area contributed by atoms with E-state index in [-0.39, 0.29) is 37.8 Å². The van der Waals surface area contributed by atoms with Crippen molar-refractivity contribution in [2.75, 3.05) is 19.7 Å². The van der Waals surface area contributed by atoms with Crippen LogP contribution < -0.4 is 5.32 Å². The standard InChI is InChI=1S/C25H28N4O4/c1-18-22(19(2)33-28-18)14-23(30)29-12-13-32-25(17-29,15-21-10-6-7-11-26-21)24(31)27-16-20-8-4-3-5-9-20/h3-11H,12-17H2,1-2H3,(H,27,31)/t25-/m0/s1. The highest BCUT2D eigenvalue weighted by Crippen LogP contribution is 2.25. The molecule has 2 amide bonds. The summed E-state index contributed by atoms with van der Waals surface area (Å²) in [5.74, 6) is 0.287. The fourth-order valence-electron chi connectivity index (χ4n) is 4.07. The fraction of sp³-hybridized carbons (Fsp3) is 0.360. The molecular weight excluding hydrogens is 420 g/mol. The summed E-state index contributed by atoms with van der Waals surface area (Å²) in [7, 11) is 0. The van der Waals surface area contributed by atoms with Crippen LogP contribution in [-0.2, 0) is 33.7 Å². The number of aromatic nitrogens is 2. The summed E-state index contributed by atoms with van der Waals surface area (Å²) in [5.41, 5.74) is 1.98. The summed E-state index contributed by atoms with van der Waals surface area (Å²) in [4.78, 5) is 32.7. The van der Waals surface area contributed by atoms with Gasteiger partial charge in [-0.15, -0.1) is 0 Å². The Morgan fingerprint density at radius 1 is 1.12 bits per heavy atom. The van der Waals surface area contributed by atoms with Gasteiger partial charge < -0.3 is 19.5 Å². The first kappa shape index (κ1) is 22.7. The van der Waals surface area contributed by atoms with Gasteiger partial charge in [-0.05, 0) is 31.5 Å². The molecule has 2 aromatic heterocycles. The van der Waals surface area contributed by atoms with Gasteiger partial charge in [0.05, 0.1) is 25.3 Å². The maximum absolute atomic E-state index is 13.5. The molecule has 0 aliphatic carbocycles. The van der Waals surface area contributed by atoms with Crippen molar-refractivity contribution in [3.8, 4) is 0 Å². The van der Waals surface area contributed by atoms with Crippen LogP contribution in [-0.4, -0.2) is 52.2 Å². The van der Waals surface area contributed by atoms with E-state index in [1.807, 2.05) is 55.5 Å². The minimum Gasteiger partial charge on any atom is -0.361 e. The highest BCUT2D eigenvalue weighted by Gasteiger charge is 2.45. The van der Waals surface area contributed by atoms with E-state index in [2.05, 4.69) is 15.5 Å². The summed E-state index contributed by atoms with van der Waals surface area (Å²) in [6.07, 6.45) is 2.13. The second kappa shape index (κ2) is 9.95. The van der Waals surface area contributed by atoms with Crippen LogP contribution in [0, 0.1) is 13.8 Å². The van der Waals surface area contributed by atoms with Gasteiger partial charge in [-0.25, -0.2) is 0 Å². The first-order chi connectivity index (χ1) is 16.0. The van der Waals surface area contributed by atoms with Crippen molar-refractivity contribution in [2.45, 2.75) is 38.8 Å². The molecule has 33 heavy (non-hydrogen) atoms. The number of nitrogens with zero attached hydrogens (tertiary/aromatic N) is 3. The van der Waals surface area contributed by atoms with E-state index in [4.69, 9.17) is 9.26 Å². The molecule has 1 N–H and O–H groups in total. The van der Waals surface area contributed by atoms with Crippen LogP contribution >= 0.6 is 0 Å². The van der Waals surface area contributed by atoms with E-state index in [0.29, 0.717) is 24.5 Å². The number of amides is 2. The first-order valence-corrected chi connectivity index (χ1v) is 11.0. The number of hydrogen-bond acceptors (Lipinski definition) is 6. The number of pyridine rings is 1. The normalized spacial score (nSPS) is 18.2. The minimum atomic E-state index is -1.23. The number of aryl methyl sites for hydroxylation is 2. The smallest absolute Gasteiger partial charge is 0.254 e. The molecule has 1 saturated heterocycles. The number of nitrogens with one attached hydrogen (secondary N) is 1. The van der Waals surface area contributed by atoms with Crippen molar-refractivity contribution in [1.29, 1.82) is 0 Å². The summed E-state index contributed by atoms with van der Waals surface area (Å²) in [6.45, 7) is 4.81. The summed E-state index contributed by atoms with van der Waals surface area (Å²) in [6, 6.07) is 15.3. The lowest BCUT2D eigenvalue weighted by Gasteiger charge is -2.41. The Bertz CT molecular complexity index is 1080. The topological polar surface area (TPSA) is 97.6 Å². The first-order valence-electron chi connectivity index (χ1n) is 11.0. The third-order valence-electron chi connectivity index (χ3n) is 5.95.